The lowest BCUT2D eigenvalue weighted by Crippen LogP contribution is -2.48. The molecule has 0 fully saturated rings. The van der Waals surface area contributed by atoms with Gasteiger partial charge in [0.2, 0.25) is 0 Å². The van der Waals surface area contributed by atoms with Crippen molar-refractivity contribution in [1.82, 2.24) is 15.1 Å². The van der Waals surface area contributed by atoms with Gasteiger partial charge >= 0.3 is 0 Å². The maximum absolute atomic E-state index is 5.52. The van der Waals surface area contributed by atoms with E-state index >= 15 is 0 Å². The molecule has 17 heavy (non-hydrogen) atoms. The number of ether oxygens (including phenoxy) is 1. The number of likely N-dealkylation sites (N-methyl/N-ethyl adjacent to an activating group) is 1. The van der Waals surface area contributed by atoms with Crippen LogP contribution in [0.1, 0.15) is 19.5 Å². The standard InChI is InChI=1S/C12H23N3OS/c1-9-7-11(15(5)14-9)17-8-10(13-4)12(2,3)16-6/h7,10,13H,8H2,1-6H3. The Morgan fingerprint density at radius 1 is 1.59 bits per heavy atom. The van der Waals surface area contributed by atoms with E-state index in [0.29, 0.717) is 6.04 Å². The Morgan fingerprint density at radius 3 is 2.65 bits per heavy atom. The normalized spacial score (nSPS) is 14.0. The Hall–Kier alpha value is -0.520. The Labute approximate surface area is 108 Å². The van der Waals surface area contributed by atoms with E-state index in [1.165, 1.54) is 5.03 Å². The van der Waals surface area contributed by atoms with Gasteiger partial charge in [0.1, 0.15) is 0 Å². The third-order valence-electron chi connectivity index (χ3n) is 3.07. The molecule has 0 saturated carbocycles. The molecule has 0 aliphatic rings. The first-order valence-electron chi connectivity index (χ1n) is 5.76. The third-order valence-corrected chi connectivity index (χ3v) is 4.25. The van der Waals surface area contributed by atoms with E-state index in [2.05, 4.69) is 30.3 Å². The fourth-order valence-corrected chi connectivity index (χ4v) is 3.05. The van der Waals surface area contributed by atoms with Crippen LogP contribution in [0.4, 0.5) is 0 Å². The van der Waals surface area contributed by atoms with E-state index in [-0.39, 0.29) is 5.60 Å². The molecular formula is C12H23N3OS. The van der Waals surface area contributed by atoms with Crippen LogP contribution >= 0.6 is 11.8 Å². The number of aryl methyl sites for hydroxylation is 2. The summed E-state index contributed by atoms with van der Waals surface area (Å²) in [4.78, 5) is 0. The second-order valence-electron chi connectivity index (χ2n) is 4.71. The van der Waals surface area contributed by atoms with Gasteiger partial charge in [0.05, 0.1) is 16.3 Å². The van der Waals surface area contributed by atoms with Crippen molar-refractivity contribution in [2.45, 2.75) is 37.4 Å². The van der Waals surface area contributed by atoms with Crippen molar-refractivity contribution >= 4 is 11.8 Å². The fourth-order valence-electron chi connectivity index (χ4n) is 1.66. The van der Waals surface area contributed by atoms with Crippen molar-refractivity contribution < 1.29 is 4.74 Å². The van der Waals surface area contributed by atoms with Crippen molar-refractivity contribution in [2.75, 3.05) is 19.9 Å². The number of rotatable bonds is 6. The van der Waals surface area contributed by atoms with Crippen molar-refractivity contribution in [3.63, 3.8) is 0 Å². The quantitative estimate of drug-likeness (QED) is 0.789. The minimum absolute atomic E-state index is 0.171. The SMILES string of the molecule is CNC(CSc1cc(C)nn1C)C(C)(C)OC. The Balaban J connectivity index is 2.62. The van der Waals surface area contributed by atoms with E-state index in [9.17, 15) is 0 Å². The minimum atomic E-state index is -0.171. The number of methoxy groups -OCH3 is 1. The summed E-state index contributed by atoms with van der Waals surface area (Å²) in [5.41, 5.74) is 0.886. The molecule has 4 nitrogen and oxygen atoms in total. The molecule has 0 amide bonds. The van der Waals surface area contributed by atoms with Crippen LogP contribution < -0.4 is 5.32 Å². The van der Waals surface area contributed by atoms with Gasteiger partial charge < -0.3 is 10.1 Å². The zero-order valence-corrected chi connectivity index (χ0v) is 12.4. The molecule has 1 aromatic rings. The number of thioether (sulfide) groups is 1. The molecule has 5 heteroatoms. The van der Waals surface area contributed by atoms with E-state index in [1.807, 2.05) is 25.7 Å². The largest absolute Gasteiger partial charge is 0.377 e. The molecule has 0 aliphatic carbocycles. The molecule has 98 valence electrons. The molecule has 1 rings (SSSR count). The van der Waals surface area contributed by atoms with E-state index < -0.39 is 0 Å². The van der Waals surface area contributed by atoms with Gasteiger partial charge in [0.15, 0.2) is 0 Å². The van der Waals surface area contributed by atoms with Gasteiger partial charge in [-0.25, -0.2) is 0 Å². The Bertz CT molecular complexity index is 363. The van der Waals surface area contributed by atoms with Crippen LogP contribution in [-0.2, 0) is 11.8 Å². The molecule has 1 atom stereocenters. The summed E-state index contributed by atoms with van der Waals surface area (Å²) in [5.74, 6) is 0.955. The molecule has 1 unspecified atom stereocenters. The highest BCUT2D eigenvalue weighted by atomic mass is 32.2. The van der Waals surface area contributed by atoms with Crippen LogP contribution in [0, 0.1) is 6.92 Å². The van der Waals surface area contributed by atoms with Crippen LogP contribution in [0.2, 0.25) is 0 Å². The topological polar surface area (TPSA) is 39.1 Å². The number of nitrogens with zero attached hydrogens (tertiary/aromatic N) is 2. The molecule has 0 bridgehead atoms. The second-order valence-corrected chi connectivity index (χ2v) is 5.75. The van der Waals surface area contributed by atoms with Gasteiger partial charge in [-0.15, -0.1) is 11.8 Å². The lowest BCUT2D eigenvalue weighted by molar-refractivity contribution is -0.00156. The molecule has 0 radical (unpaired) electrons. The molecule has 1 N–H and O–H groups in total. The lowest BCUT2D eigenvalue weighted by atomic mass is 10.0. The van der Waals surface area contributed by atoms with Crippen molar-refractivity contribution in [1.29, 1.82) is 0 Å². The lowest BCUT2D eigenvalue weighted by Gasteiger charge is -2.32. The van der Waals surface area contributed by atoms with Gasteiger partial charge in [-0.3, -0.25) is 4.68 Å². The summed E-state index contributed by atoms with van der Waals surface area (Å²) in [6, 6.07) is 2.41. The highest BCUT2D eigenvalue weighted by Crippen LogP contribution is 2.23. The number of hydrogen-bond acceptors (Lipinski definition) is 4. The average Bonchev–Trinajstić information content (AvgIpc) is 2.58. The highest BCUT2D eigenvalue weighted by molar-refractivity contribution is 7.99. The van der Waals surface area contributed by atoms with E-state index in [1.54, 1.807) is 18.9 Å². The monoisotopic (exact) mass is 257 g/mol. The maximum Gasteiger partial charge on any atom is 0.0939 e. The predicted molar refractivity (Wildman–Crippen MR) is 72.6 cm³/mol. The summed E-state index contributed by atoms with van der Waals surface area (Å²) in [7, 11) is 5.70. The van der Waals surface area contributed by atoms with Gasteiger partial charge in [-0.05, 0) is 33.9 Å². The van der Waals surface area contributed by atoms with Crippen molar-refractivity contribution in [3.8, 4) is 0 Å². The predicted octanol–water partition coefficient (Wildman–Crippen LogP) is 1.83. The number of aromatic nitrogens is 2. The molecule has 1 aromatic heterocycles. The molecular weight excluding hydrogens is 234 g/mol. The summed E-state index contributed by atoms with van der Waals surface area (Å²) >= 11 is 1.80. The van der Waals surface area contributed by atoms with Gasteiger partial charge in [-0.1, -0.05) is 0 Å². The third kappa shape index (κ3) is 3.72. The number of nitrogens with one attached hydrogen (secondary N) is 1. The Morgan fingerprint density at radius 2 is 2.24 bits per heavy atom. The second kappa shape index (κ2) is 5.89. The van der Waals surface area contributed by atoms with Crippen LogP contribution in [0.3, 0.4) is 0 Å². The van der Waals surface area contributed by atoms with Crippen molar-refractivity contribution in [2.24, 2.45) is 7.05 Å². The smallest absolute Gasteiger partial charge is 0.0939 e. The van der Waals surface area contributed by atoms with Crippen LogP contribution in [0.25, 0.3) is 0 Å². The van der Waals surface area contributed by atoms with Crippen molar-refractivity contribution in [3.05, 3.63) is 11.8 Å². The van der Waals surface area contributed by atoms with Crippen LogP contribution in [0.5, 0.6) is 0 Å². The zero-order chi connectivity index (χ0) is 13.1. The maximum atomic E-state index is 5.52. The Kier molecular flexibility index (Phi) is 5.04. The first-order valence-corrected chi connectivity index (χ1v) is 6.75. The highest BCUT2D eigenvalue weighted by Gasteiger charge is 2.28. The van der Waals surface area contributed by atoms with E-state index in [4.69, 9.17) is 4.74 Å². The van der Waals surface area contributed by atoms with Gasteiger partial charge in [-0.2, -0.15) is 5.10 Å². The van der Waals surface area contributed by atoms with Gasteiger partial charge in [0, 0.05) is 26.0 Å². The minimum Gasteiger partial charge on any atom is -0.377 e. The molecule has 0 spiro atoms. The van der Waals surface area contributed by atoms with Crippen LogP contribution in [0.15, 0.2) is 11.1 Å². The molecule has 0 aliphatic heterocycles. The zero-order valence-electron chi connectivity index (χ0n) is 11.6. The van der Waals surface area contributed by atoms with Gasteiger partial charge in [0.25, 0.3) is 0 Å². The fraction of sp³-hybridized carbons (Fsp3) is 0.750. The number of hydrogen-bond donors (Lipinski definition) is 1. The molecule has 0 aromatic carbocycles. The van der Waals surface area contributed by atoms with Crippen LogP contribution in [-0.4, -0.2) is 41.3 Å². The van der Waals surface area contributed by atoms with E-state index in [0.717, 1.165) is 11.4 Å². The molecule has 1 heterocycles. The average molecular weight is 257 g/mol. The summed E-state index contributed by atoms with van der Waals surface area (Å²) in [6.45, 7) is 6.21. The summed E-state index contributed by atoms with van der Waals surface area (Å²) in [6.07, 6.45) is 0. The first-order chi connectivity index (χ1) is 7.90. The summed E-state index contributed by atoms with van der Waals surface area (Å²) < 4.78 is 7.44. The molecule has 0 saturated heterocycles. The first kappa shape index (κ1) is 14.5. The summed E-state index contributed by atoms with van der Waals surface area (Å²) in [5, 5.41) is 8.85.